The molecule has 26 heavy (non-hydrogen) atoms. The van der Waals surface area contributed by atoms with E-state index in [1.165, 1.54) is 0 Å². The lowest BCUT2D eigenvalue weighted by Gasteiger charge is -2.21. The maximum absolute atomic E-state index is 12.4. The van der Waals surface area contributed by atoms with Gasteiger partial charge < -0.3 is 10.1 Å². The summed E-state index contributed by atoms with van der Waals surface area (Å²) in [6, 6.07) is -0.552. The Morgan fingerprint density at radius 3 is 2.81 bits per heavy atom. The van der Waals surface area contributed by atoms with Gasteiger partial charge in [-0.05, 0) is 31.4 Å². The van der Waals surface area contributed by atoms with Gasteiger partial charge in [-0.1, -0.05) is 74.2 Å². The standard InChI is InChI=1S/C22H28ClNO2/c1-6-10-20(23)19(7-2)17(5)24-21(22(25)26-8-3)15-18-12-9-11-16(4)13-14-18/h6-7,9-14,16,21,24H,1,5,8,15H2,2-4H3/b19-7-,20-10+. The lowest BCUT2D eigenvalue weighted by molar-refractivity contribution is -0.145. The van der Waals surface area contributed by atoms with Gasteiger partial charge in [0, 0.05) is 22.7 Å². The molecule has 1 N–H and O–H groups in total. The van der Waals surface area contributed by atoms with Crippen molar-refractivity contribution in [3.8, 4) is 0 Å². The Balaban J connectivity index is 2.98. The first-order chi connectivity index (χ1) is 12.4. The van der Waals surface area contributed by atoms with Gasteiger partial charge in [0.05, 0.1) is 6.61 Å². The van der Waals surface area contributed by atoms with Crippen LogP contribution in [0.25, 0.3) is 0 Å². The van der Waals surface area contributed by atoms with E-state index in [0.717, 1.165) is 11.1 Å². The molecule has 0 aromatic heterocycles. The van der Waals surface area contributed by atoms with Crippen molar-refractivity contribution in [2.75, 3.05) is 6.61 Å². The summed E-state index contributed by atoms with van der Waals surface area (Å²) >= 11 is 6.27. The number of ether oxygens (including phenoxy) is 1. The molecule has 0 radical (unpaired) electrons. The second kappa shape index (κ2) is 11.4. The maximum Gasteiger partial charge on any atom is 0.328 e. The Labute approximate surface area is 162 Å². The number of carbonyl (C=O) groups excluding carboxylic acids is 1. The fraction of sp³-hybridized carbons (Fsp3) is 0.318. The van der Waals surface area contributed by atoms with Gasteiger partial charge in [-0.2, -0.15) is 0 Å². The molecule has 2 atom stereocenters. The van der Waals surface area contributed by atoms with E-state index in [2.05, 4.69) is 37.6 Å². The highest BCUT2D eigenvalue weighted by Crippen LogP contribution is 2.22. The molecule has 1 aliphatic rings. The van der Waals surface area contributed by atoms with Crippen molar-refractivity contribution in [1.29, 1.82) is 0 Å². The van der Waals surface area contributed by atoms with Crippen LogP contribution in [-0.4, -0.2) is 18.6 Å². The third kappa shape index (κ3) is 6.93. The van der Waals surface area contributed by atoms with E-state index in [0.29, 0.717) is 29.7 Å². The molecule has 1 aliphatic carbocycles. The number of allylic oxidation sites excluding steroid dienone is 9. The zero-order chi connectivity index (χ0) is 19.5. The SMILES string of the molecule is C=C/C=C(Cl)\C(=C/C)C(=C)NC(CC1=CC=CC(C)C=C1)C(=O)OCC. The zero-order valence-corrected chi connectivity index (χ0v) is 16.6. The molecular weight excluding hydrogens is 346 g/mol. The first-order valence-corrected chi connectivity index (χ1v) is 9.13. The van der Waals surface area contributed by atoms with Crippen LogP contribution in [-0.2, 0) is 9.53 Å². The normalized spacial score (nSPS) is 18.6. The van der Waals surface area contributed by atoms with Gasteiger partial charge in [-0.25, -0.2) is 4.79 Å². The largest absolute Gasteiger partial charge is 0.464 e. The average molecular weight is 374 g/mol. The van der Waals surface area contributed by atoms with Gasteiger partial charge in [0.25, 0.3) is 0 Å². The fourth-order valence-corrected chi connectivity index (χ4v) is 2.81. The van der Waals surface area contributed by atoms with Crippen LogP contribution in [0, 0.1) is 5.92 Å². The van der Waals surface area contributed by atoms with Gasteiger partial charge in [0.2, 0.25) is 0 Å². The number of esters is 1. The molecule has 0 aromatic rings. The minimum Gasteiger partial charge on any atom is -0.464 e. The van der Waals surface area contributed by atoms with Crippen LogP contribution in [0.4, 0.5) is 0 Å². The van der Waals surface area contributed by atoms with Crippen LogP contribution in [0.2, 0.25) is 0 Å². The van der Waals surface area contributed by atoms with Gasteiger partial charge >= 0.3 is 5.97 Å². The number of hydrogen-bond acceptors (Lipinski definition) is 3. The summed E-state index contributed by atoms with van der Waals surface area (Å²) in [6.07, 6.45) is 15.9. The highest BCUT2D eigenvalue weighted by Gasteiger charge is 2.22. The van der Waals surface area contributed by atoms with E-state index in [1.54, 1.807) is 19.1 Å². The molecule has 2 unspecified atom stereocenters. The number of nitrogens with one attached hydrogen (secondary N) is 1. The van der Waals surface area contributed by atoms with Crippen LogP contribution in [0.15, 0.2) is 83.6 Å². The van der Waals surface area contributed by atoms with Crippen LogP contribution in [0.5, 0.6) is 0 Å². The molecule has 1 rings (SSSR count). The molecule has 0 amide bonds. The molecule has 0 heterocycles. The van der Waals surface area contributed by atoms with Crippen molar-refractivity contribution >= 4 is 17.6 Å². The highest BCUT2D eigenvalue weighted by atomic mass is 35.5. The second-order valence-corrected chi connectivity index (χ2v) is 6.34. The number of halogens is 1. The molecule has 0 saturated heterocycles. The summed E-state index contributed by atoms with van der Waals surface area (Å²) in [6.45, 7) is 13.8. The van der Waals surface area contributed by atoms with Crippen molar-refractivity contribution in [2.45, 2.75) is 33.2 Å². The molecule has 3 nitrogen and oxygen atoms in total. The van der Waals surface area contributed by atoms with Crippen molar-refractivity contribution in [2.24, 2.45) is 5.92 Å². The zero-order valence-electron chi connectivity index (χ0n) is 15.8. The summed E-state index contributed by atoms with van der Waals surface area (Å²) < 4.78 is 5.23. The maximum atomic E-state index is 12.4. The van der Waals surface area contributed by atoms with Crippen LogP contribution < -0.4 is 5.32 Å². The van der Waals surface area contributed by atoms with E-state index in [9.17, 15) is 4.79 Å². The number of carbonyl (C=O) groups is 1. The van der Waals surface area contributed by atoms with E-state index in [4.69, 9.17) is 16.3 Å². The predicted molar refractivity (Wildman–Crippen MR) is 111 cm³/mol. The van der Waals surface area contributed by atoms with Gasteiger partial charge in [0.1, 0.15) is 6.04 Å². The minimum absolute atomic E-state index is 0.316. The molecule has 0 aromatic carbocycles. The number of hydrogen-bond donors (Lipinski definition) is 1. The number of rotatable bonds is 9. The van der Waals surface area contributed by atoms with Crippen LogP contribution >= 0.6 is 11.6 Å². The molecule has 0 aliphatic heterocycles. The quantitative estimate of drug-likeness (QED) is 0.437. The summed E-state index contributed by atoms with van der Waals surface area (Å²) in [7, 11) is 0. The Morgan fingerprint density at radius 1 is 1.46 bits per heavy atom. The van der Waals surface area contributed by atoms with Crippen molar-refractivity contribution in [3.63, 3.8) is 0 Å². The fourth-order valence-electron chi connectivity index (χ4n) is 2.50. The average Bonchev–Trinajstić information content (AvgIpc) is 2.80. The van der Waals surface area contributed by atoms with Crippen molar-refractivity contribution in [3.05, 3.63) is 83.6 Å². The van der Waals surface area contributed by atoms with E-state index >= 15 is 0 Å². The lowest BCUT2D eigenvalue weighted by Crippen LogP contribution is -2.38. The van der Waals surface area contributed by atoms with Crippen molar-refractivity contribution < 1.29 is 9.53 Å². The topological polar surface area (TPSA) is 38.3 Å². The predicted octanol–water partition coefficient (Wildman–Crippen LogP) is 5.36. The van der Waals surface area contributed by atoms with Gasteiger partial charge in [0.15, 0.2) is 0 Å². The summed E-state index contributed by atoms with van der Waals surface area (Å²) in [5.41, 5.74) is 2.33. The Bertz CT molecular complexity index is 680. The molecule has 0 fully saturated rings. The first kappa shape index (κ1) is 21.8. The highest BCUT2D eigenvalue weighted by molar-refractivity contribution is 6.32. The smallest absolute Gasteiger partial charge is 0.328 e. The lowest BCUT2D eigenvalue weighted by atomic mass is 10.0. The third-order valence-corrected chi connectivity index (χ3v) is 4.16. The Kier molecular flexibility index (Phi) is 9.53. The van der Waals surface area contributed by atoms with E-state index < -0.39 is 6.04 Å². The van der Waals surface area contributed by atoms with Crippen molar-refractivity contribution in [1.82, 2.24) is 5.32 Å². The third-order valence-electron chi connectivity index (χ3n) is 3.83. The van der Waals surface area contributed by atoms with Gasteiger partial charge in [-0.3, -0.25) is 0 Å². The van der Waals surface area contributed by atoms with E-state index in [1.807, 2.05) is 31.2 Å². The summed E-state index contributed by atoms with van der Waals surface area (Å²) in [5, 5.41) is 3.68. The summed E-state index contributed by atoms with van der Waals surface area (Å²) in [4.78, 5) is 12.4. The monoisotopic (exact) mass is 373 g/mol. The van der Waals surface area contributed by atoms with Crippen LogP contribution in [0.1, 0.15) is 27.2 Å². The molecule has 140 valence electrons. The Morgan fingerprint density at radius 2 is 2.19 bits per heavy atom. The Hall–Kier alpha value is -2.26. The molecular formula is C22H28ClNO2. The molecule has 0 bridgehead atoms. The molecule has 0 saturated carbocycles. The van der Waals surface area contributed by atoms with Crippen LogP contribution in [0.3, 0.4) is 0 Å². The minimum atomic E-state index is -0.552. The van der Waals surface area contributed by atoms with Gasteiger partial charge in [-0.15, -0.1) is 0 Å². The molecule has 4 heteroatoms. The molecule has 0 spiro atoms. The first-order valence-electron chi connectivity index (χ1n) is 8.75. The second-order valence-electron chi connectivity index (χ2n) is 5.93. The van der Waals surface area contributed by atoms with E-state index in [-0.39, 0.29) is 5.97 Å². The summed E-state index contributed by atoms with van der Waals surface area (Å²) in [5.74, 6) is 0.0497.